The molecule has 2 aliphatic rings. The van der Waals surface area contributed by atoms with Gasteiger partial charge in [-0.2, -0.15) is 0 Å². The first kappa shape index (κ1) is 19.6. The number of hydrogen-bond donors (Lipinski definition) is 0. The number of carbonyl (C=O) groups is 3. The van der Waals surface area contributed by atoms with Gasteiger partial charge >= 0.3 is 5.97 Å². The lowest BCUT2D eigenvalue weighted by Gasteiger charge is -2.16. The number of hydroxylamine groups is 2. The molecule has 2 amide bonds. The normalized spacial score (nSPS) is 16.9. The summed E-state index contributed by atoms with van der Waals surface area (Å²) in [5, 5.41) is 7.25. The SMILES string of the molecule is O=C(ON1C(=O)CCC1=O)c1ccc(C2(c3c(F)c(F)c(F)c(F)c3F)N=N2)cc1. The zero-order valence-corrected chi connectivity index (χ0v) is 14.6. The minimum atomic E-state index is -2.31. The molecule has 1 saturated heterocycles. The second-order valence-electron chi connectivity index (χ2n) is 6.36. The maximum Gasteiger partial charge on any atom is 0.363 e. The van der Waals surface area contributed by atoms with Gasteiger partial charge in [-0.25, -0.2) is 26.7 Å². The van der Waals surface area contributed by atoms with Crippen molar-refractivity contribution in [3.8, 4) is 0 Å². The lowest BCUT2D eigenvalue weighted by atomic mass is 9.93. The van der Waals surface area contributed by atoms with E-state index in [9.17, 15) is 36.3 Å². The first-order chi connectivity index (χ1) is 14.2. The molecule has 0 spiro atoms. The van der Waals surface area contributed by atoms with Crippen molar-refractivity contribution in [1.82, 2.24) is 5.06 Å². The van der Waals surface area contributed by atoms with Crippen LogP contribution in [0.2, 0.25) is 0 Å². The summed E-state index contributed by atoms with van der Waals surface area (Å²) in [6.45, 7) is 0. The molecule has 2 aliphatic heterocycles. The van der Waals surface area contributed by atoms with E-state index in [1.807, 2.05) is 0 Å². The van der Waals surface area contributed by atoms with Crippen LogP contribution in [-0.4, -0.2) is 22.8 Å². The maximum atomic E-state index is 14.1. The molecule has 0 radical (unpaired) electrons. The van der Waals surface area contributed by atoms with Crippen molar-refractivity contribution in [2.24, 2.45) is 10.2 Å². The van der Waals surface area contributed by atoms with Crippen LogP contribution in [0.1, 0.15) is 34.3 Å². The number of imide groups is 1. The number of nitrogens with zero attached hydrogens (tertiary/aromatic N) is 3. The number of rotatable bonds is 4. The predicted molar refractivity (Wildman–Crippen MR) is 84.8 cm³/mol. The van der Waals surface area contributed by atoms with Crippen LogP contribution in [-0.2, 0) is 20.1 Å². The van der Waals surface area contributed by atoms with Crippen molar-refractivity contribution in [3.05, 3.63) is 70.0 Å². The molecule has 30 heavy (non-hydrogen) atoms. The lowest BCUT2D eigenvalue weighted by Crippen LogP contribution is -2.32. The van der Waals surface area contributed by atoms with Crippen LogP contribution in [0.3, 0.4) is 0 Å². The number of halogens is 5. The highest BCUT2D eigenvalue weighted by atomic mass is 19.2. The van der Waals surface area contributed by atoms with E-state index in [-0.39, 0.29) is 24.0 Å². The van der Waals surface area contributed by atoms with Gasteiger partial charge < -0.3 is 4.84 Å². The second-order valence-corrected chi connectivity index (χ2v) is 6.36. The predicted octanol–water partition coefficient (Wildman–Crippen LogP) is 3.27. The van der Waals surface area contributed by atoms with Crippen LogP contribution in [0, 0.1) is 29.1 Å². The van der Waals surface area contributed by atoms with E-state index in [1.165, 1.54) is 0 Å². The fraction of sp³-hybridized carbons (Fsp3) is 0.167. The largest absolute Gasteiger partial charge is 0.363 e. The van der Waals surface area contributed by atoms with E-state index in [0.29, 0.717) is 5.06 Å². The zero-order chi connectivity index (χ0) is 21.8. The molecule has 154 valence electrons. The molecule has 0 saturated carbocycles. The van der Waals surface area contributed by atoms with Crippen molar-refractivity contribution in [2.75, 3.05) is 0 Å². The summed E-state index contributed by atoms with van der Waals surface area (Å²) >= 11 is 0. The highest BCUT2D eigenvalue weighted by Crippen LogP contribution is 2.48. The quantitative estimate of drug-likeness (QED) is 0.326. The van der Waals surface area contributed by atoms with Gasteiger partial charge in [0.15, 0.2) is 23.3 Å². The van der Waals surface area contributed by atoms with Crippen molar-refractivity contribution < 1.29 is 41.2 Å². The molecule has 4 rings (SSSR count). The van der Waals surface area contributed by atoms with Gasteiger partial charge in [0.25, 0.3) is 11.8 Å². The zero-order valence-electron chi connectivity index (χ0n) is 14.6. The molecule has 2 aromatic rings. The number of amides is 2. The molecule has 1 fully saturated rings. The summed E-state index contributed by atoms with van der Waals surface area (Å²) in [5.41, 5.74) is -3.65. The highest BCUT2D eigenvalue weighted by molar-refractivity contribution is 6.02. The van der Waals surface area contributed by atoms with Gasteiger partial charge in [-0.1, -0.05) is 12.1 Å². The average molecular weight is 425 g/mol. The summed E-state index contributed by atoms with van der Waals surface area (Å²) in [7, 11) is 0. The summed E-state index contributed by atoms with van der Waals surface area (Å²) in [6, 6.07) is 4.42. The van der Waals surface area contributed by atoms with E-state index in [0.717, 1.165) is 24.3 Å². The molecule has 0 aliphatic carbocycles. The van der Waals surface area contributed by atoms with Gasteiger partial charge in [-0.05, 0) is 12.1 Å². The van der Waals surface area contributed by atoms with Crippen molar-refractivity contribution >= 4 is 17.8 Å². The van der Waals surface area contributed by atoms with Crippen LogP contribution >= 0.6 is 0 Å². The first-order valence-corrected chi connectivity index (χ1v) is 8.32. The van der Waals surface area contributed by atoms with Gasteiger partial charge in [0, 0.05) is 18.4 Å². The van der Waals surface area contributed by atoms with E-state index in [4.69, 9.17) is 4.84 Å². The molecule has 0 unspecified atom stereocenters. The lowest BCUT2D eigenvalue weighted by molar-refractivity contribution is -0.172. The van der Waals surface area contributed by atoms with Crippen molar-refractivity contribution in [2.45, 2.75) is 18.5 Å². The van der Waals surface area contributed by atoms with Gasteiger partial charge in [0.2, 0.25) is 11.5 Å². The number of hydrogen-bond acceptors (Lipinski definition) is 6. The fourth-order valence-corrected chi connectivity index (χ4v) is 2.95. The molecule has 0 N–H and O–H groups in total. The van der Waals surface area contributed by atoms with E-state index < -0.39 is 58.1 Å². The summed E-state index contributed by atoms with van der Waals surface area (Å²) in [6.07, 6.45) is -0.197. The molecule has 7 nitrogen and oxygen atoms in total. The molecule has 0 atom stereocenters. The Bertz CT molecular complexity index is 1100. The third-order valence-electron chi connectivity index (χ3n) is 4.56. The van der Waals surface area contributed by atoms with Gasteiger partial charge in [0.1, 0.15) is 0 Å². The Morgan fingerprint density at radius 2 is 1.30 bits per heavy atom. The van der Waals surface area contributed by atoms with Crippen molar-refractivity contribution in [3.63, 3.8) is 0 Å². The topological polar surface area (TPSA) is 88.4 Å². The van der Waals surface area contributed by atoms with Crippen LogP contribution < -0.4 is 0 Å². The Kier molecular flexibility index (Phi) is 4.36. The van der Waals surface area contributed by atoms with E-state index in [2.05, 4.69) is 10.2 Å². The Morgan fingerprint density at radius 1 is 0.833 bits per heavy atom. The second kappa shape index (κ2) is 6.68. The first-order valence-electron chi connectivity index (χ1n) is 8.32. The number of carbonyl (C=O) groups excluding carboxylic acids is 3. The van der Waals surface area contributed by atoms with Crippen LogP contribution in [0.25, 0.3) is 0 Å². The van der Waals surface area contributed by atoms with Crippen molar-refractivity contribution in [1.29, 1.82) is 0 Å². The third-order valence-corrected chi connectivity index (χ3v) is 4.56. The summed E-state index contributed by atoms with van der Waals surface area (Å²) in [4.78, 5) is 39.8. The minimum Gasteiger partial charge on any atom is -0.325 e. The Labute approximate surface area is 163 Å². The molecule has 2 heterocycles. The van der Waals surface area contributed by atoms with E-state index in [1.54, 1.807) is 0 Å². The van der Waals surface area contributed by atoms with E-state index >= 15 is 0 Å². The molecule has 0 bridgehead atoms. The number of benzene rings is 2. The molecular formula is C18H8F5N3O4. The molecule has 12 heteroatoms. The molecule has 0 aromatic heterocycles. The Balaban J connectivity index is 1.63. The Morgan fingerprint density at radius 3 is 1.77 bits per heavy atom. The Hall–Kier alpha value is -3.70. The maximum absolute atomic E-state index is 14.1. The smallest absolute Gasteiger partial charge is 0.325 e. The molecular weight excluding hydrogens is 417 g/mol. The summed E-state index contributed by atoms with van der Waals surface area (Å²) in [5.74, 6) is -13.2. The third kappa shape index (κ3) is 2.83. The standard InChI is InChI=1S/C18H8F5N3O4/c19-12-11(13(20)15(22)16(23)14(12)21)18(24-25-18)8-3-1-7(2-4-8)17(29)30-26-9(27)5-6-10(26)28/h1-4H,5-6H2. The van der Waals surface area contributed by atoms with Crippen LogP contribution in [0.4, 0.5) is 22.0 Å². The minimum absolute atomic E-state index is 0.0874. The van der Waals surface area contributed by atoms with Gasteiger partial charge in [0.05, 0.1) is 11.1 Å². The fourth-order valence-electron chi connectivity index (χ4n) is 2.95. The monoisotopic (exact) mass is 425 g/mol. The summed E-state index contributed by atoms with van der Waals surface area (Å²) < 4.78 is 68.7. The average Bonchev–Trinajstić information content (AvgIpc) is 3.48. The highest BCUT2D eigenvalue weighted by Gasteiger charge is 2.51. The van der Waals surface area contributed by atoms with Gasteiger partial charge in [-0.3, -0.25) is 9.59 Å². The van der Waals surface area contributed by atoms with Gasteiger partial charge in [-0.15, -0.1) is 15.3 Å². The van der Waals surface area contributed by atoms with Crippen LogP contribution in [0.5, 0.6) is 0 Å². The molecule has 2 aromatic carbocycles. The van der Waals surface area contributed by atoms with Crippen LogP contribution in [0.15, 0.2) is 34.5 Å².